The zero-order chi connectivity index (χ0) is 78.5. The third-order valence-corrected chi connectivity index (χ3v) is 15.7. The number of hydrogen-bond acceptors (Lipinski definition) is 21. The van der Waals surface area contributed by atoms with E-state index in [1.807, 2.05) is 0 Å². The molecule has 1 aromatic heterocycles. The fraction of sp³-hybridized carbons (Fsp3) is 0.565. The number of carbonyl (C=O) groups excluding carboxylic acids is 14. The summed E-state index contributed by atoms with van der Waals surface area (Å²) in [5.41, 5.74) is 34.0. The maximum absolute atomic E-state index is 14.4. The van der Waals surface area contributed by atoms with Crippen molar-refractivity contribution in [3.8, 4) is 0 Å². The number of guanidine groups is 1. The number of nitrogens with zero attached hydrogens (tertiary/aromatic N) is 2. The molecule has 1 heterocycles. The molecule has 42 heteroatoms. The Morgan fingerprint density at radius 3 is 1.43 bits per heavy atom. The van der Waals surface area contributed by atoms with Crippen LogP contribution in [0.5, 0.6) is 0 Å². The lowest BCUT2D eigenvalue weighted by atomic mass is 9.99. The van der Waals surface area contributed by atoms with Gasteiger partial charge in [0.25, 0.3) is 0 Å². The SMILES string of the molecule is CC[C@H](C)[C@H](N)C(=O)N[C@@H](CO)C(=O)N[C@@H](CCC(=O)O)C(=O)N[C@H](C(=O)N[C@@H](CC(N)=O)C(=O)N[C@@H](CCCNC(N)=O)C(=O)N[C@@H](CC(=O)O)C(=O)N[C@@H](C)C(=O)N[C@@H](CCC(=O)O)C(=O)N[C@@H](Cc1ccccc1)C(=O)N[C@@H](CCCN=C(N)N)C(=O)N[C@@H](Cc1cnc[nH]1)C(N)=O)C(C)C. The van der Waals surface area contributed by atoms with Gasteiger partial charge in [-0.25, -0.2) is 9.78 Å². The number of carboxylic acids is 3. The Kier molecular flexibility index (Phi) is 38.6. The largest absolute Gasteiger partial charge is 0.481 e. The molecular weight excluding hydrogens is 1370 g/mol. The van der Waals surface area contributed by atoms with Crippen LogP contribution >= 0.6 is 0 Å². The molecule has 13 atom stereocenters. The van der Waals surface area contributed by atoms with Gasteiger partial charge in [-0.15, -0.1) is 0 Å². The van der Waals surface area contributed by atoms with Crippen LogP contribution in [-0.4, -0.2) is 229 Å². The minimum Gasteiger partial charge on any atom is -0.481 e. The van der Waals surface area contributed by atoms with Crippen molar-refractivity contribution in [3.05, 3.63) is 54.1 Å². The number of aliphatic hydroxyl groups is 1. The molecule has 29 N–H and O–H groups in total. The van der Waals surface area contributed by atoms with Crippen molar-refractivity contribution in [2.75, 3.05) is 19.7 Å². The number of aromatic amines is 1. The van der Waals surface area contributed by atoms with Gasteiger partial charge in [0.1, 0.15) is 66.5 Å². The summed E-state index contributed by atoms with van der Waals surface area (Å²) in [5, 5.41) is 66.8. The van der Waals surface area contributed by atoms with E-state index in [2.05, 4.69) is 78.8 Å². The molecular formula is C62H97N21O21. The molecule has 1 aromatic carbocycles. The molecule has 576 valence electrons. The second kappa shape index (κ2) is 45.3. The highest BCUT2D eigenvalue weighted by Crippen LogP contribution is 2.13. The zero-order valence-electron chi connectivity index (χ0n) is 58.0. The van der Waals surface area contributed by atoms with Crippen LogP contribution in [0.4, 0.5) is 4.79 Å². The molecule has 2 rings (SSSR count). The standard InChI is InChI=1S/C62H97N21O21/c1-6-30(4)47(64)59(102)82-42(27-84)58(101)77-37(17-19-45(88)89)54(97)83-48(29(2)3)60(103)81-40(24-43(63)85)57(100)76-35(15-11-21-71-62(68)104)52(95)80-41(25-46(90)91)55(98)73-31(5)50(93)74-36(16-18-44(86)87)53(96)79-39(22-32-12-8-7-9-13-32)56(99)75-34(14-10-20-70-61(66)67)51(94)78-38(49(65)92)23-33-26-69-28-72-33/h7-9,12-13,26,28-31,34-42,47-48,84H,6,10-11,14-25,27,64H2,1-5H3,(H2,63,85)(H2,65,92)(H,69,72)(H,73,98)(H,74,93)(H,75,99)(H,76,100)(H,77,101)(H,78,94)(H,79,96)(H,80,95)(H,81,103)(H,82,102)(H,83,97)(H,86,87)(H,88,89)(H,90,91)(H4,66,67,70)(H3,68,71,104)/t30-,31-,34-,35-,36-,37-,38-,39-,40-,41-,42-,47-,48-/m0/s1. The smallest absolute Gasteiger partial charge is 0.312 e. The number of aromatic nitrogens is 2. The van der Waals surface area contributed by atoms with Gasteiger partial charge in [0.05, 0.1) is 31.8 Å². The summed E-state index contributed by atoms with van der Waals surface area (Å²) >= 11 is 0. The van der Waals surface area contributed by atoms with Crippen molar-refractivity contribution in [2.24, 2.45) is 51.2 Å². The van der Waals surface area contributed by atoms with Gasteiger partial charge < -0.3 is 124 Å². The number of hydrogen-bond donors (Lipinski definition) is 23. The van der Waals surface area contributed by atoms with E-state index in [-0.39, 0.29) is 57.1 Å². The second-order valence-corrected chi connectivity index (χ2v) is 24.5. The molecule has 42 nitrogen and oxygen atoms in total. The lowest BCUT2D eigenvalue weighted by Crippen LogP contribution is -2.61. The highest BCUT2D eigenvalue weighted by atomic mass is 16.4. The highest BCUT2D eigenvalue weighted by Gasteiger charge is 2.38. The first kappa shape index (κ1) is 88.5. The Hall–Kier alpha value is -11.6. The first-order chi connectivity index (χ1) is 48.9. The normalized spacial score (nSPS) is 14.7. The molecule has 0 radical (unpaired) electrons. The minimum atomic E-state index is -2.13. The van der Waals surface area contributed by atoms with Gasteiger partial charge >= 0.3 is 23.9 Å². The molecule has 2 aromatic rings. The first-order valence-corrected chi connectivity index (χ1v) is 32.9. The molecule has 104 heavy (non-hydrogen) atoms. The fourth-order valence-corrected chi connectivity index (χ4v) is 9.66. The van der Waals surface area contributed by atoms with E-state index in [1.165, 1.54) is 26.4 Å². The number of amides is 15. The Balaban J connectivity index is 2.49. The van der Waals surface area contributed by atoms with Gasteiger partial charge in [0, 0.05) is 50.7 Å². The van der Waals surface area contributed by atoms with Gasteiger partial charge in [0.15, 0.2) is 5.96 Å². The van der Waals surface area contributed by atoms with E-state index < -0.39 is 231 Å². The molecule has 0 fully saturated rings. The third-order valence-electron chi connectivity index (χ3n) is 15.7. The van der Waals surface area contributed by atoms with Gasteiger partial charge in [0.2, 0.25) is 76.8 Å². The number of carboxylic acid groups (broad SMARTS) is 3. The number of urea groups is 1. The van der Waals surface area contributed by atoms with Crippen LogP contribution in [0.25, 0.3) is 0 Å². The lowest BCUT2D eigenvalue weighted by Gasteiger charge is -2.29. The van der Waals surface area contributed by atoms with Gasteiger partial charge in [-0.1, -0.05) is 64.4 Å². The van der Waals surface area contributed by atoms with E-state index in [1.54, 1.807) is 44.2 Å². The van der Waals surface area contributed by atoms with E-state index >= 15 is 0 Å². The zero-order valence-corrected chi connectivity index (χ0v) is 58.0. The van der Waals surface area contributed by atoms with Crippen LogP contribution in [0.15, 0.2) is 47.8 Å². The summed E-state index contributed by atoms with van der Waals surface area (Å²) in [6.07, 6.45) is -3.02. The molecule has 0 aliphatic rings. The quantitative estimate of drug-likeness (QED) is 0.0166. The van der Waals surface area contributed by atoms with E-state index in [0.717, 1.165) is 6.92 Å². The van der Waals surface area contributed by atoms with Crippen LogP contribution in [0.2, 0.25) is 0 Å². The molecule has 0 spiro atoms. The van der Waals surface area contributed by atoms with Gasteiger partial charge in [-0.2, -0.15) is 0 Å². The predicted octanol–water partition coefficient (Wildman–Crippen LogP) is -8.36. The predicted molar refractivity (Wildman–Crippen MR) is 364 cm³/mol. The van der Waals surface area contributed by atoms with Crippen LogP contribution in [0, 0.1) is 11.8 Å². The van der Waals surface area contributed by atoms with Crippen molar-refractivity contribution in [2.45, 2.75) is 191 Å². The molecule has 0 saturated carbocycles. The fourth-order valence-electron chi connectivity index (χ4n) is 9.66. The van der Waals surface area contributed by atoms with Crippen LogP contribution in [-0.2, 0) is 89.6 Å². The second-order valence-electron chi connectivity index (χ2n) is 24.5. The molecule has 0 bridgehead atoms. The number of benzene rings is 1. The first-order valence-electron chi connectivity index (χ1n) is 32.9. The van der Waals surface area contributed by atoms with E-state index in [9.17, 15) is 102 Å². The number of primary amides is 3. The maximum Gasteiger partial charge on any atom is 0.312 e. The molecule has 0 aliphatic carbocycles. The summed E-state index contributed by atoms with van der Waals surface area (Å²) in [5.74, 6) is -21.0. The Morgan fingerprint density at radius 2 is 0.952 bits per heavy atom. The maximum atomic E-state index is 14.4. The third kappa shape index (κ3) is 33.3. The average molecular weight is 1470 g/mol. The van der Waals surface area contributed by atoms with Gasteiger partial charge in [-0.05, 0) is 62.8 Å². The number of nitrogens with one attached hydrogen (secondary N) is 13. The van der Waals surface area contributed by atoms with Crippen molar-refractivity contribution < 1.29 is 102 Å². The molecule has 0 aliphatic heterocycles. The van der Waals surface area contributed by atoms with Crippen LogP contribution < -0.4 is 98.2 Å². The minimum absolute atomic E-state index is 0.0235. The summed E-state index contributed by atoms with van der Waals surface area (Å²) in [7, 11) is 0. The Bertz CT molecular complexity index is 3340. The van der Waals surface area contributed by atoms with E-state index in [4.69, 9.17) is 34.4 Å². The number of aliphatic hydroxyl groups excluding tert-OH is 1. The van der Waals surface area contributed by atoms with E-state index in [0.29, 0.717) is 17.7 Å². The number of carbonyl (C=O) groups is 17. The molecule has 15 amide bonds. The summed E-state index contributed by atoms with van der Waals surface area (Å²) < 4.78 is 0. The number of H-pyrrole nitrogens is 1. The number of aliphatic imine (C=N–C) groups is 1. The van der Waals surface area contributed by atoms with Gasteiger partial charge in [-0.3, -0.25) is 81.7 Å². The molecule has 0 saturated heterocycles. The topological polar surface area (TPSA) is 713 Å². The molecule has 0 unspecified atom stereocenters. The van der Waals surface area contributed by atoms with Crippen molar-refractivity contribution in [3.63, 3.8) is 0 Å². The summed E-state index contributed by atoms with van der Waals surface area (Å²) in [6.45, 7) is 5.97. The number of imidazole rings is 1. The van der Waals surface area contributed by atoms with Crippen molar-refractivity contribution in [1.29, 1.82) is 0 Å². The van der Waals surface area contributed by atoms with Crippen molar-refractivity contribution >= 4 is 107 Å². The summed E-state index contributed by atoms with van der Waals surface area (Å²) in [4.78, 5) is 236. The lowest BCUT2D eigenvalue weighted by molar-refractivity contribution is -0.142. The monoisotopic (exact) mass is 1470 g/mol. The number of aliphatic carboxylic acids is 3. The van der Waals surface area contributed by atoms with Crippen LogP contribution in [0.1, 0.15) is 117 Å². The summed E-state index contributed by atoms with van der Waals surface area (Å²) in [6, 6.07) is -13.2. The Labute approximate surface area is 596 Å². The number of nitrogens with two attached hydrogens (primary N) is 6. The van der Waals surface area contributed by atoms with Crippen molar-refractivity contribution in [1.82, 2.24) is 73.8 Å². The van der Waals surface area contributed by atoms with Crippen LogP contribution in [0.3, 0.4) is 0 Å². The average Bonchev–Trinajstić information content (AvgIpc) is 0.946. The number of rotatable bonds is 49. The highest BCUT2D eigenvalue weighted by molar-refractivity contribution is 6.01. The Morgan fingerprint density at radius 1 is 0.500 bits per heavy atom.